The van der Waals surface area contributed by atoms with Gasteiger partial charge in [0.05, 0.1) is 18.8 Å². The lowest BCUT2D eigenvalue weighted by Gasteiger charge is -2.37. The molecule has 0 saturated carbocycles. The second kappa shape index (κ2) is 6.15. The number of benzene rings is 1. The van der Waals surface area contributed by atoms with Crippen molar-refractivity contribution in [3.8, 4) is 5.75 Å². The summed E-state index contributed by atoms with van der Waals surface area (Å²) < 4.78 is 11.4. The molecule has 0 aromatic heterocycles. The number of nitrogen functional groups attached to an aromatic ring is 1. The summed E-state index contributed by atoms with van der Waals surface area (Å²) in [5.74, 6) is 0.851. The molecule has 0 spiro atoms. The van der Waals surface area contributed by atoms with Crippen LogP contribution in [0.2, 0.25) is 0 Å². The molecule has 106 valence electrons. The first kappa shape index (κ1) is 14.0. The predicted octanol–water partition coefficient (Wildman–Crippen LogP) is 2.67. The van der Waals surface area contributed by atoms with Crippen molar-refractivity contribution in [3.05, 3.63) is 18.2 Å². The Morgan fingerprint density at radius 1 is 1.26 bits per heavy atom. The number of anilines is 2. The summed E-state index contributed by atoms with van der Waals surface area (Å²) in [6.45, 7) is 8.80. The molecule has 1 aromatic carbocycles. The molecule has 1 aromatic rings. The molecule has 2 N–H and O–H groups in total. The van der Waals surface area contributed by atoms with Crippen LogP contribution in [-0.4, -0.2) is 31.9 Å². The standard InChI is InChI=1S/C15H24N2O2/c1-4-5-18-15-7-13(16)6-14(8-15)17-9-11(2)19-12(3)10-17/h6-8,11-12H,4-5,9-10,16H2,1-3H3. The Bertz CT molecular complexity index is 413. The van der Waals surface area contributed by atoms with Crippen molar-refractivity contribution < 1.29 is 9.47 Å². The number of hydrogen-bond acceptors (Lipinski definition) is 4. The van der Waals surface area contributed by atoms with E-state index in [0.717, 1.165) is 43.2 Å². The molecule has 4 heteroatoms. The van der Waals surface area contributed by atoms with E-state index in [-0.39, 0.29) is 12.2 Å². The van der Waals surface area contributed by atoms with E-state index in [1.807, 2.05) is 12.1 Å². The van der Waals surface area contributed by atoms with Gasteiger partial charge in [-0.15, -0.1) is 0 Å². The second-order valence-electron chi connectivity index (χ2n) is 5.27. The smallest absolute Gasteiger partial charge is 0.123 e. The van der Waals surface area contributed by atoms with Crippen LogP contribution in [0.1, 0.15) is 27.2 Å². The first-order valence-electron chi connectivity index (χ1n) is 7.02. The molecule has 4 nitrogen and oxygen atoms in total. The van der Waals surface area contributed by atoms with Crippen LogP contribution in [0, 0.1) is 0 Å². The number of nitrogens with two attached hydrogens (primary N) is 1. The van der Waals surface area contributed by atoms with Crippen LogP contribution >= 0.6 is 0 Å². The normalized spacial score (nSPS) is 23.4. The van der Waals surface area contributed by atoms with E-state index in [1.54, 1.807) is 0 Å². The number of rotatable bonds is 4. The maximum absolute atomic E-state index is 5.97. The maximum Gasteiger partial charge on any atom is 0.123 e. The summed E-state index contributed by atoms with van der Waals surface area (Å²) in [6, 6.07) is 5.95. The quantitative estimate of drug-likeness (QED) is 0.849. The van der Waals surface area contributed by atoms with Crippen molar-refractivity contribution in [2.75, 3.05) is 30.3 Å². The monoisotopic (exact) mass is 264 g/mol. The Morgan fingerprint density at radius 2 is 1.95 bits per heavy atom. The molecule has 0 radical (unpaired) electrons. The molecule has 2 unspecified atom stereocenters. The zero-order valence-electron chi connectivity index (χ0n) is 12.1. The Kier molecular flexibility index (Phi) is 4.53. The molecule has 1 saturated heterocycles. The van der Waals surface area contributed by atoms with Crippen LogP contribution in [-0.2, 0) is 4.74 Å². The first-order valence-corrected chi connectivity index (χ1v) is 7.02. The highest BCUT2D eigenvalue weighted by molar-refractivity contribution is 5.60. The molecule has 0 aliphatic carbocycles. The Morgan fingerprint density at radius 3 is 2.58 bits per heavy atom. The average molecular weight is 264 g/mol. The summed E-state index contributed by atoms with van der Waals surface area (Å²) in [6.07, 6.45) is 1.48. The highest BCUT2D eigenvalue weighted by Crippen LogP contribution is 2.28. The van der Waals surface area contributed by atoms with Gasteiger partial charge >= 0.3 is 0 Å². The predicted molar refractivity (Wildman–Crippen MR) is 78.9 cm³/mol. The third-order valence-corrected chi connectivity index (χ3v) is 3.17. The summed E-state index contributed by atoms with van der Waals surface area (Å²) in [7, 11) is 0. The fourth-order valence-electron chi connectivity index (χ4n) is 2.48. The van der Waals surface area contributed by atoms with E-state index in [9.17, 15) is 0 Å². The van der Waals surface area contributed by atoms with Crippen LogP contribution in [0.15, 0.2) is 18.2 Å². The van der Waals surface area contributed by atoms with Gasteiger partial charge in [0, 0.05) is 36.6 Å². The summed E-state index contributed by atoms with van der Waals surface area (Å²) in [4.78, 5) is 2.31. The summed E-state index contributed by atoms with van der Waals surface area (Å²) >= 11 is 0. The molecule has 1 aliphatic heterocycles. The van der Waals surface area contributed by atoms with Gasteiger partial charge < -0.3 is 20.1 Å². The third kappa shape index (κ3) is 3.77. The molecule has 0 bridgehead atoms. The highest BCUT2D eigenvalue weighted by Gasteiger charge is 2.22. The van der Waals surface area contributed by atoms with Crippen LogP contribution < -0.4 is 15.4 Å². The van der Waals surface area contributed by atoms with E-state index in [2.05, 4.69) is 31.7 Å². The summed E-state index contributed by atoms with van der Waals surface area (Å²) in [5.41, 5.74) is 7.83. The van der Waals surface area contributed by atoms with Gasteiger partial charge in [0.15, 0.2) is 0 Å². The fraction of sp³-hybridized carbons (Fsp3) is 0.600. The van der Waals surface area contributed by atoms with Gasteiger partial charge in [-0.2, -0.15) is 0 Å². The lowest BCUT2D eigenvalue weighted by molar-refractivity contribution is -0.00522. The van der Waals surface area contributed by atoms with E-state index in [4.69, 9.17) is 15.2 Å². The molecule has 1 aliphatic rings. The minimum absolute atomic E-state index is 0.241. The van der Waals surface area contributed by atoms with E-state index in [1.165, 1.54) is 0 Å². The van der Waals surface area contributed by atoms with Crippen molar-refractivity contribution in [1.29, 1.82) is 0 Å². The maximum atomic E-state index is 5.97. The minimum Gasteiger partial charge on any atom is -0.493 e. The van der Waals surface area contributed by atoms with E-state index >= 15 is 0 Å². The van der Waals surface area contributed by atoms with Crippen molar-refractivity contribution in [2.24, 2.45) is 0 Å². The van der Waals surface area contributed by atoms with Gasteiger partial charge in [0.1, 0.15) is 5.75 Å². The van der Waals surface area contributed by atoms with E-state index < -0.39 is 0 Å². The molecule has 0 amide bonds. The Labute approximate surface area is 115 Å². The average Bonchev–Trinajstić information content (AvgIpc) is 2.34. The van der Waals surface area contributed by atoms with Crippen LogP contribution in [0.25, 0.3) is 0 Å². The van der Waals surface area contributed by atoms with Crippen molar-refractivity contribution in [1.82, 2.24) is 0 Å². The molecule has 2 atom stereocenters. The molecule has 1 fully saturated rings. The number of nitrogens with zero attached hydrogens (tertiary/aromatic N) is 1. The van der Waals surface area contributed by atoms with Gasteiger partial charge in [-0.1, -0.05) is 6.92 Å². The van der Waals surface area contributed by atoms with Crippen molar-refractivity contribution in [3.63, 3.8) is 0 Å². The molecule has 1 heterocycles. The van der Waals surface area contributed by atoms with Gasteiger partial charge in [-0.3, -0.25) is 0 Å². The summed E-state index contributed by atoms with van der Waals surface area (Å²) in [5, 5.41) is 0. The Hall–Kier alpha value is -1.42. The van der Waals surface area contributed by atoms with Crippen molar-refractivity contribution in [2.45, 2.75) is 39.4 Å². The molecule has 19 heavy (non-hydrogen) atoms. The topological polar surface area (TPSA) is 47.7 Å². The Balaban J connectivity index is 2.16. The fourth-order valence-corrected chi connectivity index (χ4v) is 2.48. The number of hydrogen-bond donors (Lipinski definition) is 1. The van der Waals surface area contributed by atoms with Gasteiger partial charge in [0.25, 0.3) is 0 Å². The number of ether oxygens (including phenoxy) is 2. The lowest BCUT2D eigenvalue weighted by atomic mass is 10.2. The van der Waals surface area contributed by atoms with Gasteiger partial charge in [-0.05, 0) is 26.3 Å². The van der Waals surface area contributed by atoms with Gasteiger partial charge in [-0.25, -0.2) is 0 Å². The zero-order chi connectivity index (χ0) is 13.8. The molecular formula is C15H24N2O2. The SMILES string of the molecule is CCCOc1cc(N)cc(N2CC(C)OC(C)C2)c1. The largest absolute Gasteiger partial charge is 0.493 e. The lowest BCUT2D eigenvalue weighted by Crippen LogP contribution is -2.45. The zero-order valence-corrected chi connectivity index (χ0v) is 12.1. The van der Waals surface area contributed by atoms with E-state index in [0.29, 0.717) is 0 Å². The van der Waals surface area contributed by atoms with Crippen LogP contribution in [0.3, 0.4) is 0 Å². The molecular weight excluding hydrogens is 240 g/mol. The molecule has 2 rings (SSSR count). The van der Waals surface area contributed by atoms with Gasteiger partial charge in [0.2, 0.25) is 0 Å². The number of morpholine rings is 1. The first-order chi connectivity index (χ1) is 9.08. The minimum atomic E-state index is 0.241. The van der Waals surface area contributed by atoms with Crippen LogP contribution in [0.5, 0.6) is 5.75 Å². The third-order valence-electron chi connectivity index (χ3n) is 3.17. The van der Waals surface area contributed by atoms with Crippen molar-refractivity contribution >= 4 is 11.4 Å². The second-order valence-corrected chi connectivity index (χ2v) is 5.27. The highest BCUT2D eigenvalue weighted by atomic mass is 16.5. The van der Waals surface area contributed by atoms with Crippen LogP contribution in [0.4, 0.5) is 11.4 Å².